The van der Waals surface area contributed by atoms with E-state index in [1.807, 2.05) is 13.0 Å². The minimum Gasteiger partial charge on any atom is -0.490 e. The number of hydrogen-bond acceptors (Lipinski definition) is 6. The maximum Gasteiger partial charge on any atom is 0.269 e. The SMILES string of the molecule is CCOc1cc(/C=C(/C#N)C(=O)NC2CCCC2)c(Br)cc1OCc1cccc([N+](=O)[O-])c1. The number of halogens is 1. The Bertz CT molecular complexity index is 1100. The highest BCUT2D eigenvalue weighted by Gasteiger charge is 2.20. The lowest BCUT2D eigenvalue weighted by Gasteiger charge is -2.15. The van der Waals surface area contributed by atoms with Crippen molar-refractivity contribution in [1.29, 1.82) is 5.26 Å². The van der Waals surface area contributed by atoms with Gasteiger partial charge >= 0.3 is 0 Å². The second-order valence-corrected chi connectivity index (χ2v) is 8.45. The average Bonchev–Trinajstić information content (AvgIpc) is 3.31. The van der Waals surface area contributed by atoms with E-state index in [0.717, 1.165) is 25.7 Å². The van der Waals surface area contributed by atoms with Crippen LogP contribution in [0.4, 0.5) is 5.69 Å². The summed E-state index contributed by atoms with van der Waals surface area (Å²) in [6.07, 6.45) is 5.54. The van der Waals surface area contributed by atoms with Gasteiger partial charge in [0.2, 0.25) is 0 Å². The third kappa shape index (κ3) is 6.56. The molecule has 9 heteroatoms. The quantitative estimate of drug-likeness (QED) is 0.210. The Morgan fingerprint density at radius 3 is 2.67 bits per heavy atom. The Morgan fingerprint density at radius 2 is 2.00 bits per heavy atom. The number of non-ortho nitro benzene ring substituents is 1. The van der Waals surface area contributed by atoms with Crippen LogP contribution in [-0.2, 0) is 11.4 Å². The van der Waals surface area contributed by atoms with Crippen LogP contribution in [-0.4, -0.2) is 23.5 Å². The minimum absolute atomic E-state index is 0.00955. The summed E-state index contributed by atoms with van der Waals surface area (Å²) >= 11 is 3.47. The van der Waals surface area contributed by atoms with Gasteiger partial charge in [-0.05, 0) is 49.1 Å². The zero-order valence-electron chi connectivity index (χ0n) is 18.2. The first kappa shape index (κ1) is 24.3. The Hall–Kier alpha value is -3.38. The molecule has 33 heavy (non-hydrogen) atoms. The molecule has 0 aromatic heterocycles. The van der Waals surface area contributed by atoms with Gasteiger partial charge in [0.15, 0.2) is 11.5 Å². The number of rotatable bonds is 9. The average molecular weight is 514 g/mol. The van der Waals surface area contributed by atoms with Crippen LogP contribution in [0.25, 0.3) is 6.08 Å². The molecule has 1 saturated carbocycles. The number of nitrogens with one attached hydrogen (secondary N) is 1. The Balaban J connectivity index is 1.81. The summed E-state index contributed by atoms with van der Waals surface area (Å²) < 4.78 is 12.2. The highest BCUT2D eigenvalue weighted by atomic mass is 79.9. The van der Waals surface area contributed by atoms with Crippen LogP contribution in [0, 0.1) is 21.4 Å². The summed E-state index contributed by atoms with van der Waals surface area (Å²) in [5, 5.41) is 23.4. The van der Waals surface area contributed by atoms with E-state index in [0.29, 0.717) is 33.7 Å². The second-order valence-electron chi connectivity index (χ2n) is 7.59. The smallest absolute Gasteiger partial charge is 0.269 e. The molecule has 8 nitrogen and oxygen atoms in total. The second kappa shape index (κ2) is 11.5. The van der Waals surface area contributed by atoms with Crippen LogP contribution in [0.15, 0.2) is 46.4 Å². The maximum absolute atomic E-state index is 12.5. The number of nitrogens with zero attached hydrogens (tertiary/aromatic N) is 2. The van der Waals surface area contributed by atoms with E-state index in [1.54, 1.807) is 24.3 Å². The van der Waals surface area contributed by atoms with Gasteiger partial charge in [-0.25, -0.2) is 0 Å². The number of nitro groups is 1. The molecule has 0 heterocycles. The van der Waals surface area contributed by atoms with Crippen molar-refractivity contribution < 1.29 is 19.2 Å². The lowest BCUT2D eigenvalue weighted by Crippen LogP contribution is -2.33. The molecule has 1 aliphatic rings. The number of benzene rings is 2. The summed E-state index contributed by atoms with van der Waals surface area (Å²) in [5.41, 5.74) is 1.24. The molecule has 2 aromatic rings. The topological polar surface area (TPSA) is 114 Å². The van der Waals surface area contributed by atoms with Crippen molar-refractivity contribution in [2.24, 2.45) is 0 Å². The summed E-state index contributed by atoms with van der Waals surface area (Å²) in [6.45, 7) is 2.32. The Morgan fingerprint density at radius 1 is 1.27 bits per heavy atom. The van der Waals surface area contributed by atoms with Gasteiger partial charge in [-0.3, -0.25) is 14.9 Å². The first-order valence-corrected chi connectivity index (χ1v) is 11.5. The molecule has 0 aliphatic heterocycles. The normalized spacial score (nSPS) is 13.9. The van der Waals surface area contributed by atoms with Gasteiger partial charge in [0.05, 0.1) is 11.5 Å². The van der Waals surface area contributed by atoms with Crippen molar-refractivity contribution in [3.63, 3.8) is 0 Å². The molecule has 0 saturated heterocycles. The van der Waals surface area contributed by atoms with Crippen LogP contribution in [0.5, 0.6) is 11.5 Å². The van der Waals surface area contributed by atoms with Crippen LogP contribution in [0.2, 0.25) is 0 Å². The lowest BCUT2D eigenvalue weighted by atomic mass is 10.1. The van der Waals surface area contributed by atoms with Crippen LogP contribution in [0.1, 0.15) is 43.7 Å². The van der Waals surface area contributed by atoms with E-state index >= 15 is 0 Å². The molecule has 1 fully saturated rings. The van der Waals surface area contributed by atoms with E-state index in [1.165, 1.54) is 18.2 Å². The number of carbonyl (C=O) groups excluding carboxylic acids is 1. The zero-order chi connectivity index (χ0) is 23.8. The lowest BCUT2D eigenvalue weighted by molar-refractivity contribution is -0.384. The number of amides is 1. The Kier molecular flexibility index (Phi) is 8.44. The molecule has 0 radical (unpaired) electrons. The van der Waals surface area contributed by atoms with Gasteiger partial charge in [-0.1, -0.05) is 40.9 Å². The van der Waals surface area contributed by atoms with Gasteiger partial charge in [0.1, 0.15) is 18.2 Å². The van der Waals surface area contributed by atoms with E-state index in [4.69, 9.17) is 9.47 Å². The van der Waals surface area contributed by atoms with Gasteiger partial charge in [0.25, 0.3) is 11.6 Å². The third-order valence-corrected chi connectivity index (χ3v) is 5.92. The number of nitro benzene ring substituents is 1. The van der Waals surface area contributed by atoms with E-state index < -0.39 is 4.92 Å². The molecule has 1 N–H and O–H groups in total. The van der Waals surface area contributed by atoms with Crippen molar-refractivity contribution in [3.8, 4) is 17.6 Å². The fraction of sp³-hybridized carbons (Fsp3) is 0.333. The number of hydrogen-bond donors (Lipinski definition) is 1. The predicted octanol–water partition coefficient (Wildman–Crippen LogP) is 5.30. The largest absolute Gasteiger partial charge is 0.490 e. The third-order valence-electron chi connectivity index (χ3n) is 5.23. The predicted molar refractivity (Wildman–Crippen MR) is 127 cm³/mol. The summed E-state index contributed by atoms with van der Waals surface area (Å²) in [5.74, 6) is 0.479. The molecular weight excluding hydrogens is 490 g/mol. The monoisotopic (exact) mass is 513 g/mol. The molecule has 0 bridgehead atoms. The zero-order valence-corrected chi connectivity index (χ0v) is 19.8. The molecule has 0 atom stereocenters. The van der Waals surface area contributed by atoms with Gasteiger partial charge in [0, 0.05) is 22.6 Å². The number of carbonyl (C=O) groups is 1. The molecule has 1 amide bonds. The van der Waals surface area contributed by atoms with Crippen molar-refractivity contribution in [1.82, 2.24) is 5.32 Å². The maximum atomic E-state index is 12.5. The molecule has 3 rings (SSSR count). The van der Waals surface area contributed by atoms with Crippen molar-refractivity contribution >= 4 is 33.6 Å². The first-order valence-electron chi connectivity index (χ1n) is 10.7. The molecule has 0 spiro atoms. The highest BCUT2D eigenvalue weighted by Crippen LogP contribution is 2.35. The minimum atomic E-state index is -0.456. The summed E-state index contributed by atoms with van der Waals surface area (Å²) in [7, 11) is 0. The van der Waals surface area contributed by atoms with Crippen LogP contribution in [0.3, 0.4) is 0 Å². The fourth-order valence-corrected chi connectivity index (χ4v) is 4.04. The van der Waals surface area contributed by atoms with Crippen LogP contribution < -0.4 is 14.8 Å². The molecule has 172 valence electrons. The summed E-state index contributed by atoms with van der Waals surface area (Å²) in [4.78, 5) is 23.1. The molecule has 1 aliphatic carbocycles. The number of nitriles is 1. The molecule has 0 unspecified atom stereocenters. The van der Waals surface area contributed by atoms with E-state index in [9.17, 15) is 20.2 Å². The van der Waals surface area contributed by atoms with Crippen molar-refractivity contribution in [2.45, 2.75) is 45.3 Å². The molecular formula is C24H24BrN3O5. The van der Waals surface area contributed by atoms with E-state index in [-0.39, 0.29) is 29.8 Å². The van der Waals surface area contributed by atoms with Crippen LogP contribution >= 0.6 is 15.9 Å². The van der Waals surface area contributed by atoms with E-state index in [2.05, 4.69) is 21.2 Å². The summed E-state index contributed by atoms with van der Waals surface area (Å²) in [6, 6.07) is 11.7. The van der Waals surface area contributed by atoms with Gasteiger partial charge < -0.3 is 14.8 Å². The Labute approximate surface area is 200 Å². The first-order chi connectivity index (χ1) is 15.9. The number of ether oxygens (including phenoxy) is 2. The van der Waals surface area contributed by atoms with Gasteiger partial charge in [-0.2, -0.15) is 5.26 Å². The molecule has 2 aromatic carbocycles. The highest BCUT2D eigenvalue weighted by molar-refractivity contribution is 9.10. The van der Waals surface area contributed by atoms with Crippen molar-refractivity contribution in [3.05, 3.63) is 67.7 Å². The van der Waals surface area contributed by atoms with Crippen molar-refractivity contribution in [2.75, 3.05) is 6.61 Å². The standard InChI is InChI=1S/C24H24BrN3O5/c1-2-32-22-12-17(11-18(14-26)24(29)27-19-7-3-4-8-19)21(25)13-23(22)33-15-16-6-5-9-20(10-16)28(30)31/h5-6,9-13,19H,2-4,7-8,15H2,1H3,(H,27,29)/b18-11-. The van der Waals surface area contributed by atoms with Gasteiger partial charge in [-0.15, -0.1) is 0 Å². The fourth-order valence-electron chi connectivity index (χ4n) is 3.60.